The van der Waals surface area contributed by atoms with E-state index in [4.69, 9.17) is 16.6 Å². The Balaban J connectivity index is 1.38. The quantitative estimate of drug-likeness (QED) is 0.364. The average molecular weight is 443 g/mol. The Morgan fingerprint density at radius 1 is 1.21 bits per heavy atom. The zero-order valence-corrected chi connectivity index (χ0v) is 17.4. The molecule has 146 valence electrons. The lowest BCUT2D eigenvalue weighted by Crippen LogP contribution is -2.31. The summed E-state index contributed by atoms with van der Waals surface area (Å²) in [5, 5.41) is 5.44. The number of benzene rings is 1. The van der Waals surface area contributed by atoms with Crippen LogP contribution in [0.3, 0.4) is 0 Å². The second kappa shape index (κ2) is 8.32. The number of carbonyl (C=O) groups excluding carboxylic acids is 2. The SMILES string of the molecule is O=C(CCN1C(=O)/C(=C/c2cccs2)SC1=S)Nc1ccc2oc(=O)ccc2c1. The Hall–Kier alpha value is -2.75. The highest BCUT2D eigenvalue weighted by molar-refractivity contribution is 8.26. The zero-order chi connectivity index (χ0) is 20.4. The van der Waals surface area contributed by atoms with Crippen LogP contribution in [0.5, 0.6) is 0 Å². The van der Waals surface area contributed by atoms with Gasteiger partial charge in [-0.05, 0) is 41.8 Å². The van der Waals surface area contributed by atoms with Crippen molar-refractivity contribution in [2.75, 3.05) is 11.9 Å². The van der Waals surface area contributed by atoms with Gasteiger partial charge in [-0.2, -0.15) is 0 Å². The number of amides is 2. The molecule has 2 aromatic heterocycles. The molecule has 3 heterocycles. The van der Waals surface area contributed by atoms with Gasteiger partial charge in [0.2, 0.25) is 5.91 Å². The van der Waals surface area contributed by atoms with Crippen LogP contribution in [-0.4, -0.2) is 27.6 Å². The van der Waals surface area contributed by atoms with Gasteiger partial charge in [-0.3, -0.25) is 14.5 Å². The molecule has 0 atom stereocenters. The molecule has 2 amide bonds. The third kappa shape index (κ3) is 4.47. The molecular weight excluding hydrogens is 428 g/mol. The summed E-state index contributed by atoms with van der Waals surface area (Å²) in [5.74, 6) is -0.417. The van der Waals surface area contributed by atoms with E-state index in [1.807, 2.05) is 23.6 Å². The molecule has 9 heteroatoms. The molecule has 1 N–H and O–H groups in total. The van der Waals surface area contributed by atoms with Gasteiger partial charge in [0.05, 0.1) is 4.91 Å². The van der Waals surface area contributed by atoms with Crippen molar-refractivity contribution in [1.29, 1.82) is 0 Å². The maximum Gasteiger partial charge on any atom is 0.336 e. The van der Waals surface area contributed by atoms with Gasteiger partial charge >= 0.3 is 5.63 Å². The molecule has 29 heavy (non-hydrogen) atoms. The number of rotatable bonds is 5. The average Bonchev–Trinajstić information content (AvgIpc) is 3.29. The number of thiophene rings is 1. The standard InChI is InChI=1S/C20H14N2O4S3/c23-17(21-13-4-5-15-12(10-13)3-6-18(24)26-15)7-8-22-19(25)16(29-20(22)27)11-14-2-1-9-28-14/h1-6,9-11H,7-8H2,(H,21,23)/b16-11-. The molecular formula is C20H14N2O4S3. The number of carbonyl (C=O) groups is 2. The van der Waals surface area contributed by atoms with Crippen LogP contribution in [-0.2, 0) is 9.59 Å². The number of nitrogens with one attached hydrogen (secondary N) is 1. The monoisotopic (exact) mass is 442 g/mol. The topological polar surface area (TPSA) is 79.6 Å². The Kier molecular flexibility index (Phi) is 5.61. The first-order valence-corrected chi connectivity index (χ1v) is 10.7. The van der Waals surface area contributed by atoms with E-state index in [1.54, 1.807) is 35.6 Å². The smallest absolute Gasteiger partial charge is 0.336 e. The largest absolute Gasteiger partial charge is 0.423 e. The summed E-state index contributed by atoms with van der Waals surface area (Å²) in [4.78, 5) is 39.1. The van der Waals surface area contributed by atoms with Crippen molar-refractivity contribution in [2.45, 2.75) is 6.42 Å². The van der Waals surface area contributed by atoms with Crippen LogP contribution >= 0.6 is 35.3 Å². The predicted octanol–water partition coefficient (Wildman–Crippen LogP) is 4.08. The molecule has 0 radical (unpaired) electrons. The fraction of sp³-hybridized carbons (Fsp3) is 0.100. The van der Waals surface area contributed by atoms with E-state index in [-0.39, 0.29) is 24.8 Å². The van der Waals surface area contributed by atoms with E-state index in [0.717, 1.165) is 4.88 Å². The highest BCUT2D eigenvalue weighted by atomic mass is 32.2. The first-order valence-electron chi connectivity index (χ1n) is 8.62. The summed E-state index contributed by atoms with van der Waals surface area (Å²) < 4.78 is 5.52. The van der Waals surface area contributed by atoms with E-state index in [9.17, 15) is 14.4 Å². The van der Waals surface area contributed by atoms with E-state index in [0.29, 0.717) is 25.9 Å². The van der Waals surface area contributed by atoms with Gasteiger partial charge in [0.25, 0.3) is 5.91 Å². The summed E-state index contributed by atoms with van der Waals surface area (Å²) in [7, 11) is 0. The van der Waals surface area contributed by atoms with Gasteiger partial charge in [0.15, 0.2) is 0 Å². The van der Waals surface area contributed by atoms with Crippen LogP contribution in [0.4, 0.5) is 5.69 Å². The highest BCUT2D eigenvalue weighted by Gasteiger charge is 2.32. The van der Waals surface area contributed by atoms with E-state index >= 15 is 0 Å². The summed E-state index contributed by atoms with van der Waals surface area (Å²) >= 11 is 8.09. The molecule has 1 aliphatic heterocycles. The molecule has 0 unspecified atom stereocenters. The summed E-state index contributed by atoms with van der Waals surface area (Å²) in [6.45, 7) is 0.209. The van der Waals surface area contributed by atoms with Crippen LogP contribution in [0.15, 0.2) is 62.0 Å². The number of nitrogens with zero attached hydrogens (tertiary/aromatic N) is 1. The fourth-order valence-electron chi connectivity index (χ4n) is 2.78. The van der Waals surface area contributed by atoms with Crippen LogP contribution in [0, 0.1) is 0 Å². The summed E-state index contributed by atoms with van der Waals surface area (Å²) in [6.07, 6.45) is 1.93. The molecule has 1 saturated heterocycles. The molecule has 3 aromatic rings. The number of hydrogen-bond donors (Lipinski definition) is 1. The number of thiocarbonyl (C=S) groups is 1. The second-order valence-electron chi connectivity index (χ2n) is 6.15. The number of hydrogen-bond acceptors (Lipinski definition) is 7. The van der Waals surface area contributed by atoms with Crippen molar-refractivity contribution in [3.63, 3.8) is 0 Å². The maximum atomic E-state index is 12.6. The van der Waals surface area contributed by atoms with Gasteiger partial charge in [0.1, 0.15) is 9.90 Å². The first kappa shape index (κ1) is 19.6. The first-order chi connectivity index (χ1) is 14.0. The Morgan fingerprint density at radius 3 is 2.86 bits per heavy atom. The van der Waals surface area contributed by atoms with Gasteiger partial charge < -0.3 is 9.73 Å². The fourth-order valence-corrected chi connectivity index (χ4v) is 4.81. The van der Waals surface area contributed by atoms with E-state index < -0.39 is 5.63 Å². The van der Waals surface area contributed by atoms with Crippen molar-refractivity contribution in [2.24, 2.45) is 0 Å². The van der Waals surface area contributed by atoms with Crippen molar-refractivity contribution < 1.29 is 14.0 Å². The minimum Gasteiger partial charge on any atom is -0.423 e. The lowest BCUT2D eigenvalue weighted by atomic mass is 10.2. The molecule has 6 nitrogen and oxygen atoms in total. The second-order valence-corrected chi connectivity index (χ2v) is 8.81. The third-order valence-corrected chi connectivity index (χ3v) is 6.35. The van der Waals surface area contributed by atoms with Crippen LogP contribution in [0.2, 0.25) is 0 Å². The minimum absolute atomic E-state index is 0.112. The van der Waals surface area contributed by atoms with Gasteiger partial charge in [-0.25, -0.2) is 4.79 Å². The molecule has 4 rings (SSSR count). The molecule has 0 spiro atoms. The van der Waals surface area contributed by atoms with Crippen LogP contribution < -0.4 is 10.9 Å². The Bertz CT molecular complexity index is 1200. The zero-order valence-electron chi connectivity index (χ0n) is 14.9. The molecule has 1 aliphatic rings. The van der Waals surface area contributed by atoms with Gasteiger partial charge in [0, 0.05) is 35.0 Å². The number of thioether (sulfide) groups is 1. The van der Waals surface area contributed by atoms with Gasteiger partial charge in [-0.15, -0.1) is 11.3 Å². The lowest BCUT2D eigenvalue weighted by molar-refractivity contribution is -0.122. The summed E-state index contributed by atoms with van der Waals surface area (Å²) in [5.41, 5.74) is 0.607. The number of fused-ring (bicyclic) bond motifs is 1. The Labute approximate surface area is 179 Å². The molecule has 0 bridgehead atoms. The Morgan fingerprint density at radius 2 is 2.07 bits per heavy atom. The van der Waals surface area contributed by atoms with Crippen molar-refractivity contribution in [3.05, 3.63) is 68.0 Å². The van der Waals surface area contributed by atoms with Crippen LogP contribution in [0.25, 0.3) is 17.0 Å². The number of anilines is 1. The van der Waals surface area contributed by atoms with E-state index in [1.165, 1.54) is 22.7 Å². The van der Waals surface area contributed by atoms with Crippen molar-refractivity contribution >= 4 is 74.2 Å². The van der Waals surface area contributed by atoms with Crippen molar-refractivity contribution in [1.82, 2.24) is 4.90 Å². The molecule has 1 aromatic carbocycles. The third-order valence-electron chi connectivity index (χ3n) is 4.16. The lowest BCUT2D eigenvalue weighted by Gasteiger charge is -2.14. The van der Waals surface area contributed by atoms with Crippen molar-refractivity contribution in [3.8, 4) is 0 Å². The molecule has 1 fully saturated rings. The maximum absolute atomic E-state index is 12.6. The minimum atomic E-state index is -0.425. The van der Waals surface area contributed by atoms with Crippen LogP contribution in [0.1, 0.15) is 11.3 Å². The normalized spacial score (nSPS) is 15.4. The summed E-state index contributed by atoms with van der Waals surface area (Å²) in [6, 6.07) is 11.8. The predicted molar refractivity (Wildman–Crippen MR) is 120 cm³/mol. The molecule has 0 saturated carbocycles. The van der Waals surface area contributed by atoms with E-state index in [2.05, 4.69) is 5.32 Å². The highest BCUT2D eigenvalue weighted by Crippen LogP contribution is 2.33. The molecule has 0 aliphatic carbocycles. The van der Waals surface area contributed by atoms with Gasteiger partial charge in [-0.1, -0.05) is 30.0 Å².